The molecular weight excluding hydrogens is 430 g/mol. The number of aryl methyl sites for hydroxylation is 1. The van der Waals surface area contributed by atoms with Crippen LogP contribution in [0, 0.1) is 6.92 Å². The van der Waals surface area contributed by atoms with Gasteiger partial charge in [-0.05, 0) is 42.8 Å². The number of ether oxygens (including phenoxy) is 2. The number of nitrogens with zero attached hydrogens (tertiary/aromatic N) is 3. The minimum absolute atomic E-state index is 0.0301. The van der Waals surface area contributed by atoms with Crippen LogP contribution in [-0.2, 0) is 11.3 Å². The van der Waals surface area contributed by atoms with Crippen LogP contribution in [0.3, 0.4) is 0 Å². The molecule has 7 heteroatoms. The molecule has 0 saturated carbocycles. The lowest BCUT2D eigenvalue weighted by Crippen LogP contribution is -2.49. The number of benzene rings is 2. The zero-order valence-electron chi connectivity index (χ0n) is 20.1. The van der Waals surface area contributed by atoms with E-state index in [0.29, 0.717) is 24.4 Å². The van der Waals surface area contributed by atoms with Crippen LogP contribution >= 0.6 is 0 Å². The van der Waals surface area contributed by atoms with E-state index in [1.807, 2.05) is 37.3 Å². The van der Waals surface area contributed by atoms with Crippen LogP contribution in [0.5, 0.6) is 11.5 Å². The monoisotopic (exact) mass is 463 g/mol. The Morgan fingerprint density at radius 2 is 1.65 bits per heavy atom. The van der Waals surface area contributed by atoms with Crippen molar-refractivity contribution in [3.05, 3.63) is 87.8 Å². The Morgan fingerprint density at radius 1 is 0.971 bits per heavy atom. The maximum absolute atomic E-state index is 13.7. The highest BCUT2D eigenvalue weighted by Gasteiger charge is 2.31. The van der Waals surface area contributed by atoms with Gasteiger partial charge >= 0.3 is 0 Å². The molecule has 0 aliphatic carbocycles. The molecule has 3 aromatic rings. The number of rotatable bonds is 8. The van der Waals surface area contributed by atoms with Crippen molar-refractivity contribution in [2.24, 2.45) is 0 Å². The topological polar surface area (TPSA) is 67.2 Å². The summed E-state index contributed by atoms with van der Waals surface area (Å²) in [5, 5.41) is 11.0. The quantitative estimate of drug-likeness (QED) is 0.552. The fraction of sp³-hybridized carbons (Fsp3) is 0.370. The van der Waals surface area contributed by atoms with Gasteiger partial charge in [0, 0.05) is 51.2 Å². The zero-order chi connectivity index (χ0) is 24.1. The predicted octanol–water partition coefficient (Wildman–Crippen LogP) is 3.43. The number of aromatic hydroxyl groups is 1. The smallest absolute Gasteiger partial charge is 0.259 e. The summed E-state index contributed by atoms with van der Waals surface area (Å²) in [7, 11) is 3.25. The van der Waals surface area contributed by atoms with Gasteiger partial charge in [-0.15, -0.1) is 0 Å². The fourth-order valence-corrected chi connectivity index (χ4v) is 4.71. The largest absolute Gasteiger partial charge is 0.507 e. The molecule has 0 radical (unpaired) electrons. The molecule has 1 aliphatic rings. The first-order valence-electron chi connectivity index (χ1n) is 11.6. The number of hydrogen-bond donors (Lipinski definition) is 1. The summed E-state index contributed by atoms with van der Waals surface area (Å²) in [5.74, 6) is 0.782. The molecule has 34 heavy (non-hydrogen) atoms. The maximum atomic E-state index is 13.7. The molecule has 1 N–H and O–H groups in total. The number of para-hydroxylation sites is 1. The number of methoxy groups -OCH3 is 2. The number of piperazine rings is 1. The van der Waals surface area contributed by atoms with E-state index in [0.717, 1.165) is 37.5 Å². The van der Waals surface area contributed by atoms with E-state index < -0.39 is 0 Å². The summed E-state index contributed by atoms with van der Waals surface area (Å²) >= 11 is 0. The maximum Gasteiger partial charge on any atom is 0.259 e. The second-order valence-corrected chi connectivity index (χ2v) is 8.57. The van der Waals surface area contributed by atoms with E-state index in [9.17, 15) is 9.90 Å². The van der Waals surface area contributed by atoms with Crippen molar-refractivity contribution in [3.8, 4) is 11.5 Å². The number of anilines is 1. The van der Waals surface area contributed by atoms with E-state index in [1.54, 1.807) is 24.9 Å². The van der Waals surface area contributed by atoms with Crippen LogP contribution in [-0.4, -0.2) is 61.6 Å². The van der Waals surface area contributed by atoms with Gasteiger partial charge in [-0.1, -0.05) is 30.3 Å². The molecule has 2 aromatic carbocycles. The Bertz CT molecular complexity index is 1140. The predicted molar refractivity (Wildman–Crippen MR) is 134 cm³/mol. The first-order chi connectivity index (χ1) is 16.5. The summed E-state index contributed by atoms with van der Waals surface area (Å²) in [6.45, 7) is 5.89. The number of hydrogen-bond acceptors (Lipinski definition) is 6. The van der Waals surface area contributed by atoms with Gasteiger partial charge in [0.05, 0.1) is 25.3 Å². The molecule has 0 bridgehead atoms. The van der Waals surface area contributed by atoms with Crippen molar-refractivity contribution in [2.45, 2.75) is 19.5 Å². The van der Waals surface area contributed by atoms with Gasteiger partial charge in [-0.2, -0.15) is 0 Å². The van der Waals surface area contributed by atoms with Gasteiger partial charge in [0.25, 0.3) is 5.56 Å². The first kappa shape index (κ1) is 23.9. The van der Waals surface area contributed by atoms with Crippen LogP contribution < -0.4 is 15.2 Å². The third-order valence-electron chi connectivity index (χ3n) is 6.55. The Morgan fingerprint density at radius 3 is 2.26 bits per heavy atom. The zero-order valence-corrected chi connectivity index (χ0v) is 20.1. The molecule has 1 saturated heterocycles. The average Bonchev–Trinajstić information content (AvgIpc) is 2.87. The lowest BCUT2D eigenvalue weighted by Gasteiger charge is -2.40. The molecule has 1 fully saturated rings. The lowest BCUT2D eigenvalue weighted by atomic mass is 9.95. The number of pyridine rings is 1. The van der Waals surface area contributed by atoms with Gasteiger partial charge in [0.1, 0.15) is 11.5 Å². The van der Waals surface area contributed by atoms with Gasteiger partial charge in [-0.25, -0.2) is 0 Å². The van der Waals surface area contributed by atoms with Crippen LogP contribution in [0.2, 0.25) is 0 Å². The van der Waals surface area contributed by atoms with E-state index in [-0.39, 0.29) is 17.4 Å². The molecule has 0 amide bonds. The molecular formula is C27H33N3O4. The molecule has 1 aromatic heterocycles. The van der Waals surface area contributed by atoms with Gasteiger partial charge in [0.2, 0.25) is 0 Å². The highest BCUT2D eigenvalue weighted by atomic mass is 16.5. The third-order valence-corrected chi connectivity index (χ3v) is 6.55. The van der Waals surface area contributed by atoms with Crippen LogP contribution in [0.4, 0.5) is 5.69 Å². The molecule has 180 valence electrons. The second kappa shape index (κ2) is 10.8. The van der Waals surface area contributed by atoms with Crippen LogP contribution in [0.15, 0.2) is 65.5 Å². The second-order valence-electron chi connectivity index (χ2n) is 8.57. The van der Waals surface area contributed by atoms with E-state index in [1.165, 1.54) is 5.69 Å². The van der Waals surface area contributed by atoms with Crippen molar-refractivity contribution < 1.29 is 14.6 Å². The minimum atomic E-state index is -0.370. The van der Waals surface area contributed by atoms with E-state index >= 15 is 0 Å². The Labute approximate surface area is 200 Å². The van der Waals surface area contributed by atoms with Crippen LogP contribution in [0.25, 0.3) is 0 Å². The molecule has 1 aliphatic heterocycles. The molecule has 1 atom stereocenters. The van der Waals surface area contributed by atoms with Crippen molar-refractivity contribution in [1.29, 1.82) is 0 Å². The standard InChI is InChI=1S/C27H33N3O4/c1-20-19-24(31)25(27(32)30(20)17-18-33-2)26(21-9-11-23(34-3)12-10-21)29-15-13-28(14-16-29)22-7-5-4-6-8-22/h4-12,19,26,31H,13-18H2,1-3H3/t26-/m1/s1. The van der Waals surface area contributed by atoms with Crippen molar-refractivity contribution in [3.63, 3.8) is 0 Å². The van der Waals surface area contributed by atoms with Gasteiger partial charge < -0.3 is 24.0 Å². The first-order valence-corrected chi connectivity index (χ1v) is 11.6. The molecule has 7 nitrogen and oxygen atoms in total. The Hall–Kier alpha value is -3.29. The summed E-state index contributed by atoms with van der Waals surface area (Å²) in [5.41, 5.74) is 3.08. The summed E-state index contributed by atoms with van der Waals surface area (Å²) in [6.07, 6.45) is 0. The van der Waals surface area contributed by atoms with E-state index in [4.69, 9.17) is 9.47 Å². The minimum Gasteiger partial charge on any atom is -0.507 e. The van der Waals surface area contributed by atoms with E-state index in [2.05, 4.69) is 34.1 Å². The third kappa shape index (κ3) is 4.95. The molecule has 2 heterocycles. The Balaban J connectivity index is 1.72. The fourth-order valence-electron chi connectivity index (χ4n) is 4.71. The summed E-state index contributed by atoms with van der Waals surface area (Å²) < 4.78 is 12.2. The Kier molecular flexibility index (Phi) is 7.55. The molecule has 0 unspecified atom stereocenters. The highest BCUT2D eigenvalue weighted by molar-refractivity contribution is 5.47. The number of aromatic nitrogens is 1. The molecule has 4 rings (SSSR count). The SMILES string of the molecule is COCCn1c(C)cc(O)c([C@@H](c2ccc(OC)cc2)N2CCN(c3ccccc3)CC2)c1=O. The lowest BCUT2D eigenvalue weighted by molar-refractivity contribution is 0.183. The van der Waals surface area contributed by atoms with Crippen LogP contribution in [0.1, 0.15) is 22.9 Å². The van der Waals surface area contributed by atoms with Gasteiger partial charge in [0.15, 0.2) is 0 Å². The normalized spacial score (nSPS) is 15.3. The van der Waals surface area contributed by atoms with Crippen molar-refractivity contribution >= 4 is 5.69 Å². The van der Waals surface area contributed by atoms with Crippen molar-refractivity contribution in [2.75, 3.05) is 51.9 Å². The molecule has 0 spiro atoms. The van der Waals surface area contributed by atoms with Crippen molar-refractivity contribution in [1.82, 2.24) is 9.47 Å². The van der Waals surface area contributed by atoms with Gasteiger partial charge in [-0.3, -0.25) is 9.69 Å². The average molecular weight is 464 g/mol. The highest BCUT2D eigenvalue weighted by Crippen LogP contribution is 2.34. The summed E-state index contributed by atoms with van der Waals surface area (Å²) in [4.78, 5) is 18.3. The summed E-state index contributed by atoms with van der Waals surface area (Å²) in [6, 6.07) is 19.4.